The number of amides is 1. The van der Waals surface area contributed by atoms with E-state index in [0.29, 0.717) is 68.8 Å². The molecule has 1 aliphatic heterocycles. The normalized spacial score (nSPS) is 13.2. The number of piperidine rings is 1. The zero-order valence-corrected chi connectivity index (χ0v) is 26.5. The third kappa shape index (κ3) is 8.31. The van der Waals surface area contributed by atoms with E-state index in [-0.39, 0.29) is 18.3 Å². The maximum atomic E-state index is 13.5. The Morgan fingerprint density at radius 3 is 2.67 bits per heavy atom. The van der Waals surface area contributed by atoms with Crippen LogP contribution in [-0.2, 0) is 16.1 Å². The number of carbonyl (C=O) groups is 1. The van der Waals surface area contributed by atoms with Gasteiger partial charge >= 0.3 is 0 Å². The van der Waals surface area contributed by atoms with Gasteiger partial charge in [-0.05, 0) is 61.7 Å². The Kier molecular flexibility index (Phi) is 11.0. The van der Waals surface area contributed by atoms with Gasteiger partial charge in [0.25, 0.3) is 0 Å². The number of nitrogens with one attached hydrogen (secondary N) is 2. The number of pyridine rings is 1. The summed E-state index contributed by atoms with van der Waals surface area (Å²) in [5.41, 5.74) is 4.21. The number of ether oxygens (including phenoxy) is 3. The maximum absolute atomic E-state index is 13.5. The largest absolute Gasteiger partial charge is 0.492 e. The van der Waals surface area contributed by atoms with Crippen LogP contribution in [0, 0.1) is 17.1 Å². The van der Waals surface area contributed by atoms with E-state index >= 15 is 0 Å². The van der Waals surface area contributed by atoms with Crippen LogP contribution in [0.25, 0.3) is 10.9 Å². The first kappa shape index (κ1) is 32.7. The van der Waals surface area contributed by atoms with Crippen molar-refractivity contribution in [2.24, 2.45) is 0 Å². The summed E-state index contributed by atoms with van der Waals surface area (Å²) in [5.74, 6) is 0.312. The van der Waals surface area contributed by atoms with Crippen LogP contribution < -0.4 is 20.1 Å². The molecular formula is C35H35ClFN5O4. The first-order valence-corrected chi connectivity index (χ1v) is 15.4. The van der Waals surface area contributed by atoms with Crippen molar-refractivity contribution < 1.29 is 23.4 Å². The predicted octanol–water partition coefficient (Wildman–Crippen LogP) is 7.23. The standard InChI is InChI=1S/C35H35ClFN5O4/c1-3-45-33-19-30-28(18-31(33)41-34(43)16-23-9-11-42(12-10-23)13-14-44-2)35(25(20-38)21-39-30)40-27-7-8-32(29(36)17-27)46-22-24-5-4-6-26(37)15-24/h4-8,15-19,21H,3,9-14,22H2,1-2H3,(H,39,40)(H,41,43). The molecule has 1 fully saturated rings. The van der Waals surface area contributed by atoms with Crippen molar-refractivity contribution in [3.05, 3.63) is 94.4 Å². The highest BCUT2D eigenvalue weighted by Gasteiger charge is 2.18. The van der Waals surface area contributed by atoms with Gasteiger partial charge in [-0.15, -0.1) is 0 Å². The van der Waals surface area contributed by atoms with Crippen LogP contribution in [0.15, 0.2) is 72.4 Å². The molecule has 0 spiro atoms. The minimum Gasteiger partial charge on any atom is -0.492 e. The van der Waals surface area contributed by atoms with Crippen molar-refractivity contribution in [1.29, 1.82) is 5.26 Å². The number of hydrogen-bond donors (Lipinski definition) is 2. The molecule has 4 aromatic rings. The van der Waals surface area contributed by atoms with Crippen molar-refractivity contribution in [2.45, 2.75) is 26.4 Å². The average molecular weight is 644 g/mol. The second-order valence-electron chi connectivity index (χ2n) is 10.8. The summed E-state index contributed by atoms with van der Waals surface area (Å²) in [6.45, 7) is 5.73. The first-order chi connectivity index (χ1) is 22.4. The van der Waals surface area contributed by atoms with Crippen molar-refractivity contribution in [3.8, 4) is 17.6 Å². The summed E-state index contributed by atoms with van der Waals surface area (Å²) in [7, 11) is 1.70. The monoisotopic (exact) mass is 643 g/mol. The lowest BCUT2D eigenvalue weighted by molar-refractivity contribution is -0.112. The van der Waals surface area contributed by atoms with Gasteiger partial charge in [-0.1, -0.05) is 29.3 Å². The van der Waals surface area contributed by atoms with Gasteiger partial charge in [0.1, 0.15) is 30.0 Å². The molecule has 1 aliphatic rings. The molecule has 1 saturated heterocycles. The molecule has 0 radical (unpaired) electrons. The molecule has 46 heavy (non-hydrogen) atoms. The third-order valence-corrected chi connectivity index (χ3v) is 7.87. The number of aromatic nitrogens is 1. The van der Waals surface area contributed by atoms with E-state index in [1.54, 1.807) is 55.7 Å². The molecule has 0 unspecified atom stereocenters. The molecule has 1 amide bonds. The Morgan fingerprint density at radius 2 is 1.96 bits per heavy atom. The van der Waals surface area contributed by atoms with E-state index in [4.69, 9.17) is 25.8 Å². The molecular weight excluding hydrogens is 609 g/mol. The Labute approximate surface area is 272 Å². The summed E-state index contributed by atoms with van der Waals surface area (Å²) in [6, 6.07) is 17.0. The minimum absolute atomic E-state index is 0.151. The van der Waals surface area contributed by atoms with E-state index in [1.165, 1.54) is 18.3 Å². The lowest BCUT2D eigenvalue weighted by atomic mass is 10.0. The van der Waals surface area contributed by atoms with E-state index in [1.807, 2.05) is 6.92 Å². The molecule has 0 saturated carbocycles. The van der Waals surface area contributed by atoms with Crippen molar-refractivity contribution >= 4 is 45.5 Å². The van der Waals surface area contributed by atoms with Crippen LogP contribution in [0.5, 0.6) is 11.5 Å². The molecule has 11 heteroatoms. The Balaban J connectivity index is 1.38. The molecule has 2 heterocycles. The highest BCUT2D eigenvalue weighted by molar-refractivity contribution is 6.32. The van der Waals surface area contributed by atoms with E-state index in [9.17, 15) is 14.4 Å². The Morgan fingerprint density at radius 1 is 1.13 bits per heavy atom. The number of fused-ring (bicyclic) bond motifs is 1. The van der Waals surface area contributed by atoms with Crippen molar-refractivity contribution in [2.75, 3.05) is 50.6 Å². The molecule has 5 rings (SSSR count). The number of anilines is 3. The maximum Gasteiger partial charge on any atom is 0.248 e. The predicted molar refractivity (Wildman–Crippen MR) is 177 cm³/mol. The second-order valence-corrected chi connectivity index (χ2v) is 11.2. The highest BCUT2D eigenvalue weighted by Crippen LogP contribution is 2.37. The van der Waals surface area contributed by atoms with Crippen molar-refractivity contribution in [3.63, 3.8) is 0 Å². The molecule has 3 aromatic carbocycles. The van der Waals surface area contributed by atoms with E-state index in [0.717, 1.165) is 38.0 Å². The van der Waals surface area contributed by atoms with Gasteiger partial charge < -0.3 is 29.7 Å². The first-order valence-electron chi connectivity index (χ1n) is 15.0. The van der Waals surface area contributed by atoms with Gasteiger partial charge in [0.2, 0.25) is 5.91 Å². The molecule has 0 aliphatic carbocycles. The Hall–Kier alpha value is -4.69. The third-order valence-electron chi connectivity index (χ3n) is 7.58. The van der Waals surface area contributed by atoms with Gasteiger partial charge in [0, 0.05) is 56.2 Å². The van der Waals surface area contributed by atoms with Crippen LogP contribution in [0.4, 0.5) is 21.5 Å². The summed E-state index contributed by atoms with van der Waals surface area (Å²) in [4.78, 5) is 20.0. The number of carbonyl (C=O) groups excluding carboxylic acids is 1. The average Bonchev–Trinajstić information content (AvgIpc) is 3.05. The van der Waals surface area contributed by atoms with E-state index < -0.39 is 0 Å². The van der Waals surface area contributed by atoms with Gasteiger partial charge in [0.05, 0.1) is 40.7 Å². The fourth-order valence-electron chi connectivity index (χ4n) is 5.22. The molecule has 9 nitrogen and oxygen atoms in total. The minimum atomic E-state index is -0.340. The molecule has 0 atom stereocenters. The van der Waals surface area contributed by atoms with Gasteiger partial charge in [-0.25, -0.2) is 4.39 Å². The fourth-order valence-corrected chi connectivity index (χ4v) is 5.46. The summed E-state index contributed by atoms with van der Waals surface area (Å²) in [6.07, 6.45) is 4.78. The van der Waals surface area contributed by atoms with Crippen LogP contribution in [0.2, 0.25) is 5.02 Å². The number of hydrogen-bond acceptors (Lipinski definition) is 8. The van der Waals surface area contributed by atoms with Gasteiger partial charge in [-0.2, -0.15) is 5.26 Å². The van der Waals surface area contributed by atoms with Gasteiger partial charge in [0.15, 0.2) is 0 Å². The number of methoxy groups -OCH3 is 1. The Bertz CT molecular complexity index is 1780. The molecule has 1 aromatic heterocycles. The number of likely N-dealkylation sites (tertiary alicyclic amines) is 1. The fraction of sp³-hybridized carbons (Fsp3) is 0.286. The number of nitrogens with zero attached hydrogens (tertiary/aromatic N) is 3. The second kappa shape index (κ2) is 15.5. The SMILES string of the molecule is CCOc1cc2ncc(C#N)c(Nc3ccc(OCc4cccc(F)c4)c(Cl)c3)c2cc1NC(=O)C=C1CCN(CCOC)CC1. The number of rotatable bonds is 12. The lowest BCUT2D eigenvalue weighted by Gasteiger charge is -2.27. The zero-order chi connectivity index (χ0) is 32.5. The number of benzene rings is 3. The van der Waals surface area contributed by atoms with Crippen LogP contribution in [0.3, 0.4) is 0 Å². The summed E-state index contributed by atoms with van der Waals surface area (Å²) < 4.78 is 30.4. The van der Waals surface area contributed by atoms with Crippen LogP contribution >= 0.6 is 11.6 Å². The quantitative estimate of drug-likeness (QED) is 0.156. The highest BCUT2D eigenvalue weighted by atomic mass is 35.5. The molecule has 2 N–H and O–H groups in total. The van der Waals surface area contributed by atoms with Crippen molar-refractivity contribution in [1.82, 2.24) is 9.88 Å². The summed E-state index contributed by atoms with van der Waals surface area (Å²) in [5, 5.41) is 17.2. The number of nitriles is 1. The number of halogens is 2. The van der Waals surface area contributed by atoms with E-state index in [2.05, 4.69) is 26.6 Å². The summed E-state index contributed by atoms with van der Waals surface area (Å²) >= 11 is 6.54. The smallest absolute Gasteiger partial charge is 0.248 e. The molecule has 0 bridgehead atoms. The zero-order valence-electron chi connectivity index (χ0n) is 25.7. The van der Waals surface area contributed by atoms with Crippen LogP contribution in [0.1, 0.15) is 30.9 Å². The van der Waals surface area contributed by atoms with Gasteiger partial charge in [-0.3, -0.25) is 9.78 Å². The van der Waals surface area contributed by atoms with Crippen LogP contribution in [-0.4, -0.2) is 55.7 Å². The lowest BCUT2D eigenvalue weighted by Crippen LogP contribution is -2.33. The molecule has 238 valence electrons. The topological polar surface area (TPSA) is 109 Å².